The smallest absolute Gasteiger partial charge is 0.328 e. The number of nitrogens with zero attached hydrogens (tertiary/aromatic N) is 4. The van der Waals surface area contributed by atoms with E-state index in [1.807, 2.05) is 24.3 Å². The molecule has 0 bridgehead atoms. The Morgan fingerprint density at radius 2 is 1.77 bits per heavy atom. The molecule has 0 unspecified atom stereocenters. The van der Waals surface area contributed by atoms with Crippen molar-refractivity contribution in [2.24, 2.45) is 21.5 Å². The molecular weight excluding hydrogens is 398 g/mol. The van der Waals surface area contributed by atoms with Crippen LogP contribution in [0.15, 0.2) is 58.5 Å². The Balaban J connectivity index is 1.76. The zero-order valence-electron chi connectivity index (χ0n) is 17.4. The van der Waals surface area contributed by atoms with Crippen LogP contribution in [0.2, 0.25) is 0 Å². The van der Waals surface area contributed by atoms with E-state index in [2.05, 4.69) is 15.3 Å². The molecule has 0 spiro atoms. The minimum Gasteiger partial charge on any atom is -0.508 e. The lowest BCUT2D eigenvalue weighted by molar-refractivity contribution is 0.163. The van der Waals surface area contributed by atoms with Crippen molar-refractivity contribution in [3.05, 3.63) is 59.7 Å². The summed E-state index contributed by atoms with van der Waals surface area (Å²) in [6.45, 7) is 1.72. The number of guanidine groups is 2. The van der Waals surface area contributed by atoms with Crippen LogP contribution in [0.4, 0.5) is 4.79 Å². The van der Waals surface area contributed by atoms with Gasteiger partial charge in [0.05, 0.1) is 20.2 Å². The van der Waals surface area contributed by atoms with Crippen molar-refractivity contribution < 1.29 is 14.6 Å². The Labute approximate surface area is 180 Å². The van der Waals surface area contributed by atoms with Gasteiger partial charge < -0.3 is 31.5 Å². The zero-order chi connectivity index (χ0) is 22.2. The van der Waals surface area contributed by atoms with Gasteiger partial charge in [0.25, 0.3) is 0 Å². The maximum Gasteiger partial charge on any atom is 0.328 e. The lowest BCUT2D eigenvalue weighted by atomic mass is 10.2. The number of urea groups is 1. The molecule has 10 nitrogen and oxygen atoms in total. The second kappa shape index (κ2) is 10.2. The van der Waals surface area contributed by atoms with Crippen LogP contribution in [0, 0.1) is 0 Å². The van der Waals surface area contributed by atoms with Gasteiger partial charge in [-0.15, -0.1) is 0 Å². The molecule has 2 aromatic carbocycles. The van der Waals surface area contributed by atoms with Gasteiger partial charge in [-0.1, -0.05) is 24.3 Å². The first kappa shape index (κ1) is 21.8. The van der Waals surface area contributed by atoms with E-state index in [0.29, 0.717) is 32.1 Å². The number of aromatic hydroxyl groups is 1. The van der Waals surface area contributed by atoms with Crippen LogP contribution in [0.3, 0.4) is 0 Å². The van der Waals surface area contributed by atoms with Crippen molar-refractivity contribution in [1.82, 2.24) is 15.1 Å². The minimum absolute atomic E-state index is 0.0126. The summed E-state index contributed by atoms with van der Waals surface area (Å²) in [6.07, 6.45) is 0. The highest BCUT2D eigenvalue weighted by molar-refractivity contribution is 5.97. The van der Waals surface area contributed by atoms with Gasteiger partial charge >= 0.3 is 6.03 Å². The van der Waals surface area contributed by atoms with Crippen molar-refractivity contribution in [2.75, 3.05) is 26.9 Å². The SMILES string of the molecule is COc1ccc(CN2C(=O)N(Cc3ccc(O)cc3)CN=C2NCCN=C(N)N)cc1. The van der Waals surface area contributed by atoms with E-state index < -0.39 is 0 Å². The van der Waals surface area contributed by atoms with E-state index in [4.69, 9.17) is 16.2 Å². The molecule has 1 heterocycles. The first-order valence-electron chi connectivity index (χ1n) is 9.77. The number of phenolic OH excluding ortho intramolecular Hbond substituents is 1. The summed E-state index contributed by atoms with van der Waals surface area (Å²) in [5.41, 5.74) is 12.5. The number of hydrogen-bond donors (Lipinski definition) is 4. The Kier molecular flexibility index (Phi) is 7.15. The van der Waals surface area contributed by atoms with Crippen molar-refractivity contribution in [1.29, 1.82) is 0 Å². The average molecular weight is 425 g/mol. The molecule has 31 heavy (non-hydrogen) atoms. The number of aliphatic imine (C=N–C) groups is 2. The highest BCUT2D eigenvalue weighted by Gasteiger charge is 2.29. The molecule has 0 saturated heterocycles. The van der Waals surface area contributed by atoms with Gasteiger partial charge in [-0.25, -0.2) is 9.79 Å². The zero-order valence-corrected chi connectivity index (χ0v) is 17.4. The Hall–Kier alpha value is -3.95. The van der Waals surface area contributed by atoms with Crippen LogP contribution in [0.1, 0.15) is 11.1 Å². The predicted molar refractivity (Wildman–Crippen MR) is 119 cm³/mol. The summed E-state index contributed by atoms with van der Waals surface area (Å²) < 4.78 is 5.20. The van der Waals surface area contributed by atoms with Crippen LogP contribution in [0.25, 0.3) is 0 Å². The second-order valence-electron chi connectivity index (χ2n) is 6.94. The topological polar surface area (TPSA) is 142 Å². The van der Waals surface area contributed by atoms with Gasteiger partial charge in [0.15, 0.2) is 5.96 Å². The maximum absolute atomic E-state index is 13.3. The van der Waals surface area contributed by atoms with Crippen LogP contribution in [0.5, 0.6) is 11.5 Å². The van der Waals surface area contributed by atoms with Crippen LogP contribution in [-0.2, 0) is 13.1 Å². The maximum atomic E-state index is 13.3. The van der Waals surface area contributed by atoms with E-state index in [1.165, 1.54) is 0 Å². The second-order valence-corrected chi connectivity index (χ2v) is 6.94. The number of carbonyl (C=O) groups is 1. The number of phenols is 1. The third kappa shape index (κ3) is 6.01. The van der Waals surface area contributed by atoms with Crippen LogP contribution >= 0.6 is 0 Å². The van der Waals surface area contributed by atoms with E-state index in [0.717, 1.165) is 16.9 Å². The number of nitrogens with one attached hydrogen (secondary N) is 1. The van der Waals surface area contributed by atoms with E-state index >= 15 is 0 Å². The summed E-state index contributed by atoms with van der Waals surface area (Å²) >= 11 is 0. The van der Waals surface area contributed by atoms with Crippen LogP contribution < -0.4 is 21.5 Å². The van der Waals surface area contributed by atoms with Gasteiger partial charge in [0.2, 0.25) is 5.96 Å². The number of amides is 2. The van der Waals surface area contributed by atoms with Crippen LogP contribution in [-0.4, -0.2) is 59.7 Å². The molecule has 164 valence electrons. The lowest BCUT2D eigenvalue weighted by Gasteiger charge is -2.35. The predicted octanol–water partition coefficient (Wildman–Crippen LogP) is 1.02. The third-order valence-corrected chi connectivity index (χ3v) is 4.65. The fourth-order valence-electron chi connectivity index (χ4n) is 3.06. The molecule has 0 radical (unpaired) electrons. The molecule has 6 N–H and O–H groups in total. The standard InChI is InChI=1S/C21H27N7O3/c1-31-18-8-4-16(5-9-18)13-28-20(25-11-10-24-19(22)23)26-14-27(21(28)30)12-15-2-6-17(29)7-3-15/h2-9,29H,10-14H2,1H3,(H,25,26)(H4,22,23,24). The lowest BCUT2D eigenvalue weighted by Crippen LogP contribution is -2.54. The highest BCUT2D eigenvalue weighted by atomic mass is 16.5. The number of methoxy groups -OCH3 is 1. The first-order valence-corrected chi connectivity index (χ1v) is 9.77. The van der Waals surface area contributed by atoms with Gasteiger partial charge in [-0.2, -0.15) is 0 Å². The number of nitrogens with two attached hydrogens (primary N) is 2. The molecule has 2 amide bonds. The molecule has 0 fully saturated rings. The Bertz CT molecular complexity index is 938. The summed E-state index contributed by atoms with van der Waals surface area (Å²) in [6, 6.07) is 14.1. The number of carbonyl (C=O) groups excluding carboxylic acids is 1. The third-order valence-electron chi connectivity index (χ3n) is 4.65. The molecule has 10 heteroatoms. The number of benzene rings is 2. The molecule has 2 aromatic rings. The summed E-state index contributed by atoms with van der Waals surface area (Å²) in [5, 5.41) is 12.6. The van der Waals surface area contributed by atoms with Crippen molar-refractivity contribution in [2.45, 2.75) is 13.1 Å². The van der Waals surface area contributed by atoms with Crippen molar-refractivity contribution in [3.8, 4) is 11.5 Å². The average Bonchev–Trinajstić information content (AvgIpc) is 2.77. The molecule has 0 aliphatic carbocycles. The largest absolute Gasteiger partial charge is 0.508 e. The van der Waals surface area contributed by atoms with Gasteiger partial charge in [0, 0.05) is 13.1 Å². The first-order chi connectivity index (χ1) is 15.0. The summed E-state index contributed by atoms with van der Waals surface area (Å²) in [5.74, 6) is 1.40. The van der Waals surface area contributed by atoms with E-state index in [9.17, 15) is 9.90 Å². The molecular formula is C21H27N7O3. The monoisotopic (exact) mass is 425 g/mol. The van der Waals surface area contributed by atoms with Gasteiger partial charge in [-0.05, 0) is 35.4 Å². The summed E-state index contributed by atoms with van der Waals surface area (Å²) in [7, 11) is 1.61. The fraction of sp³-hybridized carbons (Fsp3) is 0.286. The molecule has 1 aliphatic rings. The quantitative estimate of drug-likeness (QED) is 0.283. The molecule has 0 aromatic heterocycles. The molecule has 0 atom stereocenters. The van der Waals surface area contributed by atoms with E-state index in [-0.39, 0.29) is 24.4 Å². The number of rotatable bonds is 8. The van der Waals surface area contributed by atoms with Gasteiger partial charge in [-0.3, -0.25) is 9.89 Å². The number of hydrogen-bond acceptors (Lipinski definition) is 6. The fourth-order valence-corrected chi connectivity index (χ4v) is 3.06. The molecule has 1 aliphatic heterocycles. The molecule has 3 rings (SSSR count). The summed E-state index contributed by atoms with van der Waals surface area (Å²) in [4.78, 5) is 25.0. The normalized spacial score (nSPS) is 13.6. The van der Waals surface area contributed by atoms with Crippen molar-refractivity contribution >= 4 is 18.0 Å². The van der Waals surface area contributed by atoms with Crippen molar-refractivity contribution in [3.63, 3.8) is 0 Å². The Morgan fingerprint density at radius 3 is 2.42 bits per heavy atom. The Morgan fingerprint density at radius 1 is 1.13 bits per heavy atom. The highest BCUT2D eigenvalue weighted by Crippen LogP contribution is 2.18. The van der Waals surface area contributed by atoms with Gasteiger partial charge in [0.1, 0.15) is 18.2 Å². The minimum atomic E-state index is -0.178. The number of ether oxygens (including phenoxy) is 1. The molecule has 0 saturated carbocycles. The van der Waals surface area contributed by atoms with E-state index in [1.54, 1.807) is 41.2 Å².